The molecule has 4 rings (SSSR count). The minimum atomic E-state index is -1.23. The summed E-state index contributed by atoms with van der Waals surface area (Å²) in [6, 6.07) is 1.94. The molecule has 0 aromatic carbocycles. The monoisotopic (exact) mass is 649 g/mol. The molecule has 2 bridgehead atoms. The van der Waals surface area contributed by atoms with Gasteiger partial charge in [0.25, 0.3) is 0 Å². The fraction of sp³-hybridized carbons (Fsp3) is 0.758. The van der Waals surface area contributed by atoms with Crippen molar-refractivity contribution in [1.82, 2.24) is 15.1 Å². The quantitative estimate of drug-likeness (QED) is 0.228. The van der Waals surface area contributed by atoms with Crippen LogP contribution in [-0.4, -0.2) is 86.3 Å². The van der Waals surface area contributed by atoms with Gasteiger partial charge in [0.15, 0.2) is 0 Å². The van der Waals surface area contributed by atoms with Gasteiger partial charge >= 0.3 is 12.1 Å². The number of ketones is 1. The van der Waals surface area contributed by atoms with Crippen LogP contribution in [-0.2, 0) is 30.3 Å². The second kappa shape index (κ2) is 13.8. The first kappa shape index (κ1) is 35.4. The number of epoxide rings is 1. The van der Waals surface area contributed by atoms with E-state index < -0.39 is 47.3 Å². The van der Waals surface area contributed by atoms with Crippen molar-refractivity contribution in [2.24, 2.45) is 17.3 Å². The number of carbonyl (C=O) groups excluding carboxylic acids is 3. The number of alkyl carbamates (subject to hydrolysis) is 1. The van der Waals surface area contributed by atoms with Crippen molar-refractivity contribution < 1.29 is 38.8 Å². The number of carbonyl (C=O) groups is 3. The van der Waals surface area contributed by atoms with E-state index in [1.807, 2.05) is 46.1 Å². The molecule has 2 saturated heterocycles. The molecule has 252 valence electrons. The number of amides is 1. The molecule has 0 unspecified atom stereocenters. The average Bonchev–Trinajstić information content (AvgIpc) is 3.41. The Balaban J connectivity index is 1.54. The number of ether oxygens (including phenoxy) is 3. The van der Waals surface area contributed by atoms with E-state index in [2.05, 4.69) is 17.3 Å². The van der Waals surface area contributed by atoms with E-state index in [9.17, 15) is 24.6 Å². The summed E-state index contributed by atoms with van der Waals surface area (Å²) in [7, 11) is 0. The maximum absolute atomic E-state index is 13.3. The van der Waals surface area contributed by atoms with Crippen LogP contribution in [0.5, 0.6) is 0 Å². The molecule has 1 amide bonds. The number of nitrogens with one attached hydrogen (secondary N) is 1. The summed E-state index contributed by atoms with van der Waals surface area (Å²) in [5.74, 6) is -1.58. The maximum Gasteiger partial charge on any atom is 0.407 e. The van der Waals surface area contributed by atoms with E-state index in [-0.39, 0.29) is 29.8 Å². The fourth-order valence-electron chi connectivity index (χ4n) is 6.76. The zero-order chi connectivity index (χ0) is 33.3. The number of aliphatic hydroxyl groups is 2. The van der Waals surface area contributed by atoms with Gasteiger partial charge in [0.2, 0.25) is 0 Å². The number of thioether (sulfide) groups is 1. The first-order valence-corrected chi connectivity index (χ1v) is 17.2. The van der Waals surface area contributed by atoms with E-state index in [1.165, 1.54) is 11.8 Å². The van der Waals surface area contributed by atoms with E-state index in [0.29, 0.717) is 32.4 Å². The van der Waals surface area contributed by atoms with Crippen LogP contribution in [0, 0.1) is 17.3 Å². The lowest BCUT2D eigenvalue weighted by Gasteiger charge is -2.45. The standard InChI is InChI=1S/C33H51N3O8S/c1-19(14-22-15-26(45-8)35-36(22)13-12-34-30(41)44-31(3,4)5)23-16-25-33(7,43-25)11-9-10-21-18-32(6,24(37)17-27(38)42-23)29(40)20(2)28(21)39/h14-15,20-21,23-25,28,37,39H,9-13,16-18H2,1-8H3,(H,34,41)/b19-14+/t20-,21-,23+,24+,25+,28-,32-,33-/m1/s1. The van der Waals surface area contributed by atoms with E-state index in [1.54, 1.807) is 18.5 Å². The highest BCUT2D eigenvalue weighted by Crippen LogP contribution is 2.48. The van der Waals surface area contributed by atoms with Gasteiger partial charge in [0.1, 0.15) is 22.5 Å². The topological polar surface area (TPSA) is 153 Å². The van der Waals surface area contributed by atoms with Crippen LogP contribution in [0.15, 0.2) is 16.7 Å². The number of nitrogens with zero attached hydrogens (tertiary/aromatic N) is 2. The van der Waals surface area contributed by atoms with Crippen LogP contribution in [0.2, 0.25) is 0 Å². The molecule has 45 heavy (non-hydrogen) atoms. The molecule has 8 atom stereocenters. The zero-order valence-corrected chi connectivity index (χ0v) is 28.7. The predicted octanol–water partition coefficient (Wildman–Crippen LogP) is 4.52. The minimum Gasteiger partial charge on any atom is -0.458 e. The van der Waals surface area contributed by atoms with E-state index in [0.717, 1.165) is 29.1 Å². The Morgan fingerprint density at radius 2 is 2.00 bits per heavy atom. The molecule has 3 N–H and O–H groups in total. The van der Waals surface area contributed by atoms with Gasteiger partial charge in [-0.25, -0.2) is 4.79 Å². The summed E-state index contributed by atoms with van der Waals surface area (Å²) >= 11 is 1.50. The smallest absolute Gasteiger partial charge is 0.407 e. The van der Waals surface area contributed by atoms with Gasteiger partial charge < -0.3 is 29.7 Å². The number of rotatable bonds is 6. The molecule has 3 aliphatic rings. The van der Waals surface area contributed by atoms with Crippen LogP contribution in [0.25, 0.3) is 6.08 Å². The third-order valence-electron chi connectivity index (χ3n) is 9.61. The summed E-state index contributed by atoms with van der Waals surface area (Å²) in [6.45, 7) is 13.5. The SMILES string of the molecule is CSc1cc(/C=C(\C)[C@@H]2C[C@@H]3O[C@]3(C)CCC[C@@H]3C[C@@](C)(C(=O)[C@H](C)[C@H]3O)[C@@H](O)CC(=O)O2)n(CCNC(=O)OC(C)(C)C)n1. The Morgan fingerprint density at radius 1 is 1.29 bits per heavy atom. The summed E-state index contributed by atoms with van der Waals surface area (Å²) in [5.41, 5.74) is -0.533. The summed E-state index contributed by atoms with van der Waals surface area (Å²) in [5, 5.41) is 30.3. The zero-order valence-electron chi connectivity index (χ0n) is 27.9. The van der Waals surface area contributed by atoms with Gasteiger partial charge in [0.05, 0.1) is 48.0 Å². The summed E-state index contributed by atoms with van der Waals surface area (Å²) in [6.07, 6.45) is 3.37. The maximum atomic E-state index is 13.3. The Hall–Kier alpha value is -2.41. The van der Waals surface area contributed by atoms with Crippen molar-refractivity contribution in [2.75, 3.05) is 12.8 Å². The molecule has 0 spiro atoms. The highest BCUT2D eigenvalue weighted by molar-refractivity contribution is 7.98. The number of cyclic esters (lactones) is 1. The number of aliphatic hydroxyl groups excluding tert-OH is 2. The van der Waals surface area contributed by atoms with Crippen molar-refractivity contribution in [3.8, 4) is 0 Å². The first-order chi connectivity index (χ1) is 21.0. The van der Waals surface area contributed by atoms with Crippen LogP contribution in [0.3, 0.4) is 0 Å². The lowest BCUT2D eigenvalue weighted by atomic mass is 9.60. The van der Waals surface area contributed by atoms with Crippen molar-refractivity contribution in [1.29, 1.82) is 0 Å². The molecule has 3 fully saturated rings. The molecule has 1 saturated carbocycles. The Bertz CT molecular complexity index is 1290. The summed E-state index contributed by atoms with van der Waals surface area (Å²) < 4.78 is 19.3. The van der Waals surface area contributed by atoms with Crippen LogP contribution in [0.4, 0.5) is 4.79 Å². The minimum absolute atomic E-state index is 0.113. The number of Topliss-reactive ketones (excluding diaryl/α,β-unsaturated/α-hetero) is 1. The van der Waals surface area contributed by atoms with Crippen molar-refractivity contribution in [3.05, 3.63) is 17.3 Å². The second-order valence-electron chi connectivity index (χ2n) is 14.4. The molecule has 11 nitrogen and oxygen atoms in total. The summed E-state index contributed by atoms with van der Waals surface area (Å²) in [4.78, 5) is 38.8. The molecule has 2 aliphatic heterocycles. The van der Waals surface area contributed by atoms with Crippen LogP contribution >= 0.6 is 11.8 Å². The lowest BCUT2D eigenvalue weighted by Crippen LogP contribution is -2.54. The molecule has 1 aliphatic carbocycles. The van der Waals surface area contributed by atoms with Crippen LogP contribution < -0.4 is 5.32 Å². The highest BCUT2D eigenvalue weighted by atomic mass is 32.2. The average molecular weight is 650 g/mol. The Morgan fingerprint density at radius 3 is 2.67 bits per heavy atom. The van der Waals surface area contributed by atoms with Gasteiger partial charge in [-0.15, -0.1) is 11.8 Å². The fourth-order valence-corrected chi connectivity index (χ4v) is 7.18. The van der Waals surface area contributed by atoms with Crippen molar-refractivity contribution >= 4 is 35.7 Å². The second-order valence-corrected chi connectivity index (χ2v) is 15.2. The lowest BCUT2D eigenvalue weighted by molar-refractivity contribution is -0.161. The van der Waals surface area contributed by atoms with Gasteiger partial charge in [-0.1, -0.05) is 20.3 Å². The Labute approximate surface area is 270 Å². The number of fused-ring (bicyclic) bond motifs is 3. The first-order valence-electron chi connectivity index (χ1n) is 16.0. The predicted molar refractivity (Wildman–Crippen MR) is 171 cm³/mol. The largest absolute Gasteiger partial charge is 0.458 e. The molecule has 12 heteroatoms. The van der Waals surface area contributed by atoms with E-state index in [4.69, 9.17) is 14.2 Å². The number of hydrogen-bond donors (Lipinski definition) is 3. The highest BCUT2D eigenvalue weighted by Gasteiger charge is 2.55. The molecule has 1 aromatic rings. The van der Waals surface area contributed by atoms with Gasteiger partial charge in [-0.3, -0.25) is 14.3 Å². The van der Waals surface area contributed by atoms with E-state index >= 15 is 0 Å². The Kier molecular flexibility index (Phi) is 10.8. The van der Waals surface area contributed by atoms with Gasteiger partial charge in [0, 0.05) is 18.9 Å². The third kappa shape index (κ3) is 8.50. The number of esters is 1. The third-order valence-corrected chi connectivity index (χ3v) is 10.2. The van der Waals surface area contributed by atoms with Gasteiger partial charge in [-0.2, -0.15) is 5.10 Å². The molecule has 0 radical (unpaired) electrons. The normalized spacial score (nSPS) is 34.8. The number of hydrogen-bond acceptors (Lipinski definition) is 10. The molecule has 1 aromatic heterocycles. The molecular weight excluding hydrogens is 598 g/mol. The van der Waals surface area contributed by atoms with Gasteiger partial charge in [-0.05, 0) is 83.8 Å². The molecular formula is C33H51N3O8S. The number of aromatic nitrogens is 2. The van der Waals surface area contributed by atoms with Crippen molar-refractivity contribution in [3.63, 3.8) is 0 Å². The van der Waals surface area contributed by atoms with Crippen LogP contribution in [0.1, 0.15) is 92.7 Å². The molecule has 3 heterocycles. The van der Waals surface area contributed by atoms with Crippen molar-refractivity contribution in [2.45, 2.75) is 134 Å².